The number of rotatable bonds is 6. The third-order valence-electron chi connectivity index (χ3n) is 3.67. The second-order valence-corrected chi connectivity index (χ2v) is 4.96. The molecule has 0 fully saturated rings. The lowest BCUT2D eigenvalue weighted by Gasteiger charge is -2.24. The molecular weight excluding hydrogens is 248 g/mol. The Morgan fingerprint density at radius 1 is 1.15 bits per heavy atom. The smallest absolute Gasteiger partial charge is 0.221 e. The van der Waals surface area contributed by atoms with Gasteiger partial charge in [0.15, 0.2) is 0 Å². The molecule has 20 heavy (non-hydrogen) atoms. The SMILES string of the molecule is CCC(C(N)=O)C(Cc1ccccn1)c1ccccc1. The number of nitrogens with zero attached hydrogens (tertiary/aromatic N) is 1. The molecule has 0 aliphatic heterocycles. The molecule has 0 aliphatic carbocycles. The van der Waals surface area contributed by atoms with Gasteiger partial charge in [0.1, 0.15) is 0 Å². The van der Waals surface area contributed by atoms with Crippen molar-refractivity contribution in [3.8, 4) is 0 Å². The average molecular weight is 268 g/mol. The third kappa shape index (κ3) is 3.44. The number of carbonyl (C=O) groups is 1. The molecule has 104 valence electrons. The lowest BCUT2D eigenvalue weighted by Crippen LogP contribution is -2.29. The van der Waals surface area contributed by atoms with Crippen molar-refractivity contribution < 1.29 is 4.79 Å². The van der Waals surface area contributed by atoms with Crippen molar-refractivity contribution in [3.05, 3.63) is 66.0 Å². The highest BCUT2D eigenvalue weighted by Crippen LogP contribution is 2.30. The minimum absolute atomic E-state index is 0.0774. The van der Waals surface area contributed by atoms with Crippen molar-refractivity contribution >= 4 is 5.91 Å². The Kier molecular flexibility index (Phi) is 4.88. The van der Waals surface area contributed by atoms with Crippen LogP contribution in [0.1, 0.15) is 30.5 Å². The van der Waals surface area contributed by atoms with Crippen molar-refractivity contribution in [1.29, 1.82) is 0 Å². The zero-order valence-electron chi connectivity index (χ0n) is 11.7. The number of benzene rings is 1. The summed E-state index contributed by atoms with van der Waals surface area (Å²) >= 11 is 0. The summed E-state index contributed by atoms with van der Waals surface area (Å²) in [5.74, 6) is -0.328. The van der Waals surface area contributed by atoms with Crippen LogP contribution in [-0.2, 0) is 11.2 Å². The van der Waals surface area contributed by atoms with Crippen LogP contribution in [0, 0.1) is 5.92 Å². The van der Waals surface area contributed by atoms with E-state index in [-0.39, 0.29) is 17.7 Å². The lowest BCUT2D eigenvalue weighted by atomic mass is 9.80. The van der Waals surface area contributed by atoms with E-state index in [0.717, 1.165) is 24.1 Å². The molecule has 3 nitrogen and oxygen atoms in total. The molecule has 3 heteroatoms. The van der Waals surface area contributed by atoms with E-state index in [4.69, 9.17) is 5.73 Å². The Hall–Kier alpha value is -2.16. The highest BCUT2D eigenvalue weighted by molar-refractivity contribution is 5.77. The molecule has 2 aromatic rings. The van der Waals surface area contributed by atoms with Crippen LogP contribution in [0.25, 0.3) is 0 Å². The maximum Gasteiger partial charge on any atom is 0.221 e. The Labute approximate surface area is 119 Å². The first-order valence-electron chi connectivity index (χ1n) is 6.96. The summed E-state index contributed by atoms with van der Waals surface area (Å²) in [5, 5.41) is 0. The Morgan fingerprint density at radius 3 is 2.40 bits per heavy atom. The maximum atomic E-state index is 11.7. The summed E-state index contributed by atoms with van der Waals surface area (Å²) < 4.78 is 0. The molecule has 1 amide bonds. The number of hydrogen-bond acceptors (Lipinski definition) is 2. The summed E-state index contributed by atoms with van der Waals surface area (Å²) in [7, 11) is 0. The Bertz CT molecular complexity index is 539. The summed E-state index contributed by atoms with van der Waals surface area (Å²) in [6, 6.07) is 15.9. The van der Waals surface area contributed by atoms with Gasteiger partial charge in [-0.05, 0) is 30.5 Å². The lowest BCUT2D eigenvalue weighted by molar-refractivity contribution is -0.122. The topological polar surface area (TPSA) is 56.0 Å². The van der Waals surface area contributed by atoms with Crippen molar-refractivity contribution in [3.63, 3.8) is 0 Å². The largest absolute Gasteiger partial charge is 0.369 e. The van der Waals surface area contributed by atoms with Gasteiger partial charge >= 0.3 is 0 Å². The maximum absolute atomic E-state index is 11.7. The van der Waals surface area contributed by atoms with Crippen molar-refractivity contribution in [2.75, 3.05) is 0 Å². The number of carbonyl (C=O) groups excluding carboxylic acids is 1. The molecule has 2 N–H and O–H groups in total. The van der Waals surface area contributed by atoms with Gasteiger partial charge in [0.25, 0.3) is 0 Å². The molecule has 0 bridgehead atoms. The van der Waals surface area contributed by atoms with E-state index in [1.807, 2.05) is 43.3 Å². The number of aromatic nitrogens is 1. The summed E-state index contributed by atoms with van der Waals surface area (Å²) in [5.41, 5.74) is 7.71. The fourth-order valence-corrected chi connectivity index (χ4v) is 2.62. The second kappa shape index (κ2) is 6.85. The molecule has 0 spiro atoms. The molecule has 2 rings (SSSR count). The first-order chi connectivity index (χ1) is 9.72. The molecule has 1 aromatic carbocycles. The Balaban J connectivity index is 2.31. The van der Waals surface area contributed by atoms with Gasteiger partial charge in [-0.3, -0.25) is 9.78 Å². The van der Waals surface area contributed by atoms with Gasteiger partial charge in [-0.2, -0.15) is 0 Å². The van der Waals surface area contributed by atoms with Crippen LogP contribution in [0.5, 0.6) is 0 Å². The molecule has 0 radical (unpaired) electrons. The number of primary amides is 1. The fourth-order valence-electron chi connectivity index (χ4n) is 2.62. The third-order valence-corrected chi connectivity index (χ3v) is 3.67. The van der Waals surface area contributed by atoms with Gasteiger partial charge in [-0.25, -0.2) is 0 Å². The predicted molar refractivity (Wildman–Crippen MR) is 80.1 cm³/mol. The predicted octanol–water partition coefficient (Wildman–Crippen LogP) is 2.92. The number of hydrogen-bond donors (Lipinski definition) is 1. The monoisotopic (exact) mass is 268 g/mol. The van der Waals surface area contributed by atoms with E-state index in [9.17, 15) is 4.79 Å². The summed E-state index contributed by atoms with van der Waals surface area (Å²) in [4.78, 5) is 16.1. The zero-order valence-corrected chi connectivity index (χ0v) is 11.7. The molecule has 0 saturated heterocycles. The van der Waals surface area contributed by atoms with E-state index < -0.39 is 0 Å². The summed E-state index contributed by atoms with van der Waals surface area (Å²) in [6.45, 7) is 2.00. The van der Waals surface area contributed by atoms with E-state index in [1.165, 1.54) is 0 Å². The number of nitrogens with two attached hydrogens (primary N) is 1. The van der Waals surface area contributed by atoms with Gasteiger partial charge in [0, 0.05) is 23.7 Å². The number of amides is 1. The summed E-state index contributed by atoms with van der Waals surface area (Å²) in [6.07, 6.45) is 3.25. The standard InChI is InChI=1S/C17H20N2O/c1-2-15(17(18)20)16(13-8-4-3-5-9-13)12-14-10-6-7-11-19-14/h3-11,15-16H,2,12H2,1H3,(H2,18,20). The molecule has 0 saturated carbocycles. The van der Waals surface area contributed by atoms with E-state index >= 15 is 0 Å². The highest BCUT2D eigenvalue weighted by Gasteiger charge is 2.26. The van der Waals surface area contributed by atoms with E-state index in [2.05, 4.69) is 17.1 Å². The van der Waals surface area contributed by atoms with E-state index in [0.29, 0.717) is 0 Å². The minimum atomic E-state index is -0.239. The first kappa shape index (κ1) is 14.3. The molecule has 0 aliphatic rings. The molecular formula is C17H20N2O. The van der Waals surface area contributed by atoms with Gasteiger partial charge in [0.05, 0.1) is 0 Å². The van der Waals surface area contributed by atoms with Crippen molar-refractivity contribution in [2.45, 2.75) is 25.7 Å². The van der Waals surface area contributed by atoms with Gasteiger partial charge in [-0.15, -0.1) is 0 Å². The van der Waals surface area contributed by atoms with Crippen molar-refractivity contribution in [1.82, 2.24) is 4.98 Å². The zero-order chi connectivity index (χ0) is 14.4. The van der Waals surface area contributed by atoms with Gasteiger partial charge in [-0.1, -0.05) is 43.3 Å². The minimum Gasteiger partial charge on any atom is -0.369 e. The molecule has 2 unspecified atom stereocenters. The van der Waals surface area contributed by atoms with Crippen LogP contribution in [0.2, 0.25) is 0 Å². The van der Waals surface area contributed by atoms with Crippen molar-refractivity contribution in [2.24, 2.45) is 11.7 Å². The van der Waals surface area contributed by atoms with E-state index in [1.54, 1.807) is 6.20 Å². The normalized spacial score (nSPS) is 13.7. The fraction of sp³-hybridized carbons (Fsp3) is 0.294. The highest BCUT2D eigenvalue weighted by atomic mass is 16.1. The molecule has 1 heterocycles. The number of pyridine rings is 1. The van der Waals surface area contributed by atoms with Crippen LogP contribution in [0.3, 0.4) is 0 Å². The quantitative estimate of drug-likeness (QED) is 0.875. The Morgan fingerprint density at radius 2 is 1.85 bits per heavy atom. The van der Waals surface area contributed by atoms with Crippen LogP contribution in [0.15, 0.2) is 54.7 Å². The van der Waals surface area contributed by atoms with Crippen LogP contribution in [-0.4, -0.2) is 10.9 Å². The first-order valence-corrected chi connectivity index (χ1v) is 6.96. The van der Waals surface area contributed by atoms with Gasteiger partial charge < -0.3 is 5.73 Å². The molecule has 1 aromatic heterocycles. The second-order valence-electron chi connectivity index (χ2n) is 4.96. The molecule has 2 atom stereocenters. The average Bonchev–Trinajstić information content (AvgIpc) is 2.48. The van der Waals surface area contributed by atoms with Crippen LogP contribution < -0.4 is 5.73 Å². The van der Waals surface area contributed by atoms with Crippen LogP contribution >= 0.6 is 0 Å². The van der Waals surface area contributed by atoms with Gasteiger partial charge in [0.2, 0.25) is 5.91 Å². The van der Waals surface area contributed by atoms with Crippen LogP contribution in [0.4, 0.5) is 0 Å².